The normalized spacial score (nSPS) is 13.9. The molecule has 0 saturated heterocycles. The van der Waals surface area contributed by atoms with E-state index < -0.39 is 11.6 Å². The minimum Gasteiger partial charge on any atom is -0.451 e. The summed E-state index contributed by atoms with van der Waals surface area (Å²) < 4.78 is 33.4. The van der Waals surface area contributed by atoms with Gasteiger partial charge >= 0.3 is 0 Å². The van der Waals surface area contributed by atoms with Crippen LogP contribution in [0.1, 0.15) is 36.5 Å². The molecule has 0 atom stereocenters. The fourth-order valence-electron chi connectivity index (χ4n) is 2.81. The van der Waals surface area contributed by atoms with Crippen LogP contribution in [-0.2, 0) is 19.3 Å². The Hall–Kier alpha value is -1.90. The Morgan fingerprint density at radius 1 is 0.952 bits per heavy atom. The molecular weight excluding hydrogens is 270 g/mol. The summed E-state index contributed by atoms with van der Waals surface area (Å²) >= 11 is 0. The molecule has 0 unspecified atom stereocenters. The molecule has 0 spiro atoms. The van der Waals surface area contributed by atoms with Crippen LogP contribution in [0.25, 0.3) is 0 Å². The average molecular weight is 288 g/mol. The summed E-state index contributed by atoms with van der Waals surface area (Å²) in [5, 5.41) is 0. The van der Waals surface area contributed by atoms with Gasteiger partial charge in [-0.1, -0.05) is 13.0 Å². The van der Waals surface area contributed by atoms with Crippen LogP contribution in [0.4, 0.5) is 8.78 Å². The second-order valence-corrected chi connectivity index (χ2v) is 5.48. The van der Waals surface area contributed by atoms with Crippen molar-refractivity contribution in [2.75, 3.05) is 0 Å². The van der Waals surface area contributed by atoms with Gasteiger partial charge < -0.3 is 4.74 Å². The lowest BCUT2D eigenvalue weighted by atomic mass is 9.92. The molecule has 3 heteroatoms. The molecule has 0 amide bonds. The molecule has 1 aliphatic rings. The topological polar surface area (TPSA) is 9.23 Å². The van der Waals surface area contributed by atoms with Crippen molar-refractivity contribution in [2.24, 2.45) is 0 Å². The highest BCUT2D eigenvalue weighted by molar-refractivity contribution is 5.41. The largest absolute Gasteiger partial charge is 0.451 e. The SMILES string of the molecule is CCc1cc(F)c(Oc2ccc3c(c2)CCCC3)c(F)c1. The standard InChI is InChI=1S/C18H18F2O/c1-2-12-9-16(19)18(17(20)10-12)21-15-8-7-13-5-3-4-6-14(13)11-15/h7-11H,2-6H2,1H3. The highest BCUT2D eigenvalue weighted by Gasteiger charge is 2.15. The Bertz CT molecular complexity index is 641. The second-order valence-electron chi connectivity index (χ2n) is 5.48. The van der Waals surface area contributed by atoms with Gasteiger partial charge in [0.25, 0.3) is 0 Å². The smallest absolute Gasteiger partial charge is 0.198 e. The molecule has 0 heterocycles. The van der Waals surface area contributed by atoms with Gasteiger partial charge in [0.15, 0.2) is 17.4 Å². The van der Waals surface area contributed by atoms with E-state index in [4.69, 9.17) is 4.74 Å². The molecule has 110 valence electrons. The second kappa shape index (κ2) is 5.84. The first-order valence-electron chi connectivity index (χ1n) is 7.45. The van der Waals surface area contributed by atoms with Crippen molar-refractivity contribution < 1.29 is 13.5 Å². The van der Waals surface area contributed by atoms with Crippen molar-refractivity contribution in [3.8, 4) is 11.5 Å². The van der Waals surface area contributed by atoms with E-state index in [2.05, 4.69) is 0 Å². The monoisotopic (exact) mass is 288 g/mol. The Morgan fingerprint density at radius 2 is 1.62 bits per heavy atom. The van der Waals surface area contributed by atoms with E-state index in [9.17, 15) is 8.78 Å². The third-order valence-corrected chi connectivity index (χ3v) is 4.01. The van der Waals surface area contributed by atoms with Crippen LogP contribution in [0.15, 0.2) is 30.3 Å². The zero-order valence-electron chi connectivity index (χ0n) is 12.1. The molecule has 0 radical (unpaired) electrons. The molecule has 2 aromatic carbocycles. The van der Waals surface area contributed by atoms with E-state index in [1.807, 2.05) is 19.1 Å². The van der Waals surface area contributed by atoms with Gasteiger partial charge in [0.2, 0.25) is 0 Å². The van der Waals surface area contributed by atoms with Crippen LogP contribution in [0.3, 0.4) is 0 Å². The van der Waals surface area contributed by atoms with Crippen molar-refractivity contribution in [1.29, 1.82) is 0 Å². The number of fused-ring (bicyclic) bond motifs is 1. The third kappa shape index (κ3) is 2.92. The number of benzene rings is 2. The van der Waals surface area contributed by atoms with E-state index in [-0.39, 0.29) is 5.75 Å². The predicted molar refractivity (Wildman–Crippen MR) is 78.9 cm³/mol. The van der Waals surface area contributed by atoms with E-state index in [0.29, 0.717) is 17.7 Å². The summed E-state index contributed by atoms with van der Waals surface area (Å²) in [4.78, 5) is 0. The first kappa shape index (κ1) is 14.1. The van der Waals surface area contributed by atoms with E-state index >= 15 is 0 Å². The van der Waals surface area contributed by atoms with Crippen LogP contribution >= 0.6 is 0 Å². The van der Waals surface area contributed by atoms with Gasteiger partial charge in [-0.15, -0.1) is 0 Å². The van der Waals surface area contributed by atoms with Gasteiger partial charge in [-0.25, -0.2) is 8.78 Å². The Morgan fingerprint density at radius 3 is 2.29 bits per heavy atom. The van der Waals surface area contributed by atoms with Gasteiger partial charge in [0.05, 0.1) is 0 Å². The van der Waals surface area contributed by atoms with Crippen molar-refractivity contribution in [2.45, 2.75) is 39.0 Å². The maximum absolute atomic E-state index is 14.0. The quantitative estimate of drug-likeness (QED) is 0.754. The molecule has 0 saturated carbocycles. The Balaban J connectivity index is 1.90. The van der Waals surface area contributed by atoms with Crippen molar-refractivity contribution >= 4 is 0 Å². The highest BCUT2D eigenvalue weighted by Crippen LogP contribution is 2.31. The lowest BCUT2D eigenvalue weighted by Gasteiger charge is -2.17. The van der Waals surface area contributed by atoms with Gasteiger partial charge in [0, 0.05) is 0 Å². The van der Waals surface area contributed by atoms with Crippen LogP contribution in [0.5, 0.6) is 11.5 Å². The molecule has 0 aliphatic heterocycles. The molecule has 1 aliphatic carbocycles. The number of halogens is 2. The average Bonchev–Trinajstić information content (AvgIpc) is 2.50. The maximum Gasteiger partial charge on any atom is 0.198 e. The summed E-state index contributed by atoms with van der Waals surface area (Å²) in [5.74, 6) is -1.12. The van der Waals surface area contributed by atoms with Crippen molar-refractivity contribution in [3.05, 3.63) is 58.7 Å². The van der Waals surface area contributed by atoms with Gasteiger partial charge in [-0.05, 0) is 73.1 Å². The van der Waals surface area contributed by atoms with Crippen LogP contribution < -0.4 is 4.74 Å². The molecule has 0 fully saturated rings. The van der Waals surface area contributed by atoms with Crippen molar-refractivity contribution in [1.82, 2.24) is 0 Å². The zero-order valence-corrected chi connectivity index (χ0v) is 12.1. The van der Waals surface area contributed by atoms with Crippen LogP contribution in [0.2, 0.25) is 0 Å². The fraction of sp³-hybridized carbons (Fsp3) is 0.333. The highest BCUT2D eigenvalue weighted by atomic mass is 19.1. The summed E-state index contributed by atoms with van der Waals surface area (Å²) in [7, 11) is 0. The molecule has 1 nitrogen and oxygen atoms in total. The summed E-state index contributed by atoms with van der Waals surface area (Å²) in [5.41, 5.74) is 3.17. The maximum atomic E-state index is 14.0. The minimum absolute atomic E-state index is 0.317. The predicted octanol–water partition coefficient (Wildman–Crippen LogP) is 5.20. The fourth-order valence-corrected chi connectivity index (χ4v) is 2.81. The molecular formula is C18H18F2O. The number of hydrogen-bond acceptors (Lipinski definition) is 1. The van der Waals surface area contributed by atoms with Gasteiger partial charge in [-0.2, -0.15) is 0 Å². The summed E-state index contributed by atoms with van der Waals surface area (Å²) in [6, 6.07) is 8.35. The summed E-state index contributed by atoms with van der Waals surface area (Å²) in [6.45, 7) is 1.86. The van der Waals surface area contributed by atoms with Gasteiger partial charge in [-0.3, -0.25) is 0 Å². The molecule has 0 bridgehead atoms. The van der Waals surface area contributed by atoms with Gasteiger partial charge in [0.1, 0.15) is 5.75 Å². The molecule has 2 aromatic rings. The Labute approximate surface area is 123 Å². The first-order valence-corrected chi connectivity index (χ1v) is 7.45. The lowest BCUT2D eigenvalue weighted by Crippen LogP contribution is -2.03. The molecule has 0 aromatic heterocycles. The van der Waals surface area contributed by atoms with Crippen molar-refractivity contribution in [3.63, 3.8) is 0 Å². The molecule has 0 N–H and O–H groups in total. The zero-order chi connectivity index (χ0) is 14.8. The molecule has 21 heavy (non-hydrogen) atoms. The minimum atomic E-state index is -0.649. The van der Waals surface area contributed by atoms with E-state index in [1.54, 1.807) is 6.07 Å². The van der Waals surface area contributed by atoms with Crippen LogP contribution in [0, 0.1) is 11.6 Å². The third-order valence-electron chi connectivity index (χ3n) is 4.01. The first-order chi connectivity index (χ1) is 10.2. The number of ether oxygens (including phenoxy) is 1. The van der Waals surface area contributed by atoms with E-state index in [1.165, 1.54) is 29.7 Å². The molecule has 3 rings (SSSR count). The lowest BCUT2D eigenvalue weighted by molar-refractivity contribution is 0.406. The number of hydrogen-bond donors (Lipinski definition) is 0. The summed E-state index contributed by atoms with van der Waals surface area (Å²) in [6.07, 6.45) is 5.03. The number of rotatable bonds is 3. The van der Waals surface area contributed by atoms with Crippen LogP contribution in [-0.4, -0.2) is 0 Å². The Kier molecular flexibility index (Phi) is 3.91. The number of aryl methyl sites for hydroxylation is 3. The van der Waals surface area contributed by atoms with E-state index in [0.717, 1.165) is 19.3 Å².